The zero-order chi connectivity index (χ0) is 22.1. The summed E-state index contributed by atoms with van der Waals surface area (Å²) in [7, 11) is -1.35. The van der Waals surface area contributed by atoms with Crippen LogP contribution in [-0.4, -0.2) is 17.0 Å². The standard InChI is InChI=1S/C20H38NP.C7H12.Ti/c1-7-12-17(4)22(18(5)13-8-2,19(6)14-9-3)21-20-15-10-11-16-20;1-3-5-7-6-4-2;/h10-11,15,17-19H,7-9,12-14,16H2,1-6H3;3,5,7H,1,4,6H2,2H3;. The molecule has 0 fully saturated rings. The third kappa shape index (κ3) is 11.0. The molecule has 1 aliphatic rings. The molecule has 172 valence electrons. The van der Waals surface area contributed by atoms with Crippen molar-refractivity contribution in [3.05, 3.63) is 48.7 Å². The molecule has 0 aromatic heterocycles. The molecule has 0 spiro atoms. The number of unbranched alkanes of at least 4 members (excludes halogenated alkanes) is 1. The van der Waals surface area contributed by atoms with Crippen molar-refractivity contribution < 1.29 is 21.7 Å². The van der Waals surface area contributed by atoms with Crippen molar-refractivity contribution in [3.8, 4) is 0 Å². The van der Waals surface area contributed by atoms with Crippen molar-refractivity contribution >= 4 is 7.05 Å². The summed E-state index contributed by atoms with van der Waals surface area (Å²) < 4.78 is 5.57. The van der Waals surface area contributed by atoms with E-state index in [0.717, 1.165) is 23.4 Å². The molecule has 1 nitrogen and oxygen atoms in total. The normalized spacial score (nSPS) is 17.8. The van der Waals surface area contributed by atoms with Gasteiger partial charge in [-0.2, -0.15) is 0 Å². The minimum Gasteiger partial charge on any atom is -0.271 e. The van der Waals surface area contributed by atoms with Crippen LogP contribution in [0.5, 0.6) is 0 Å². The Morgan fingerprint density at radius 1 is 0.933 bits per heavy atom. The van der Waals surface area contributed by atoms with Crippen LogP contribution in [-0.2, 0) is 21.7 Å². The molecule has 3 heteroatoms. The first-order valence-corrected chi connectivity index (χ1v) is 14.1. The van der Waals surface area contributed by atoms with Gasteiger partial charge in [0.25, 0.3) is 0 Å². The van der Waals surface area contributed by atoms with Crippen molar-refractivity contribution in [2.75, 3.05) is 0 Å². The Labute approximate surface area is 204 Å². The SMILES string of the molecule is C=CC=CCCC.CCCC(C)P(=NC1=CC=CC1)(C(C)CCC)C(C)CCC.[Ti]. The average Bonchev–Trinajstić information content (AvgIpc) is 3.20. The van der Waals surface area contributed by atoms with Gasteiger partial charge in [0.2, 0.25) is 0 Å². The molecule has 0 aromatic carbocycles. The van der Waals surface area contributed by atoms with Crippen molar-refractivity contribution in [1.29, 1.82) is 0 Å². The van der Waals surface area contributed by atoms with E-state index >= 15 is 0 Å². The smallest absolute Gasteiger partial charge is 0.0425 e. The van der Waals surface area contributed by atoms with Crippen LogP contribution in [0.15, 0.2) is 53.5 Å². The van der Waals surface area contributed by atoms with E-state index in [0.29, 0.717) is 0 Å². The summed E-state index contributed by atoms with van der Waals surface area (Å²) in [5.74, 6) is 0. The number of hydrogen-bond acceptors (Lipinski definition) is 1. The van der Waals surface area contributed by atoms with E-state index in [4.69, 9.17) is 4.74 Å². The quantitative estimate of drug-likeness (QED) is 0.145. The molecule has 1 aliphatic carbocycles. The molecule has 0 heterocycles. The minimum atomic E-state index is -1.35. The Balaban J connectivity index is 0. The van der Waals surface area contributed by atoms with E-state index in [2.05, 4.69) is 79.3 Å². The molecule has 3 atom stereocenters. The maximum Gasteiger partial charge on any atom is 0.0425 e. The van der Waals surface area contributed by atoms with Crippen LogP contribution in [0.2, 0.25) is 0 Å². The summed E-state index contributed by atoms with van der Waals surface area (Å²) in [5, 5.41) is 0. The Bertz CT molecular complexity index is 535. The van der Waals surface area contributed by atoms with Gasteiger partial charge in [0.1, 0.15) is 0 Å². The maximum absolute atomic E-state index is 5.57. The summed E-state index contributed by atoms with van der Waals surface area (Å²) in [6, 6.07) is 0. The molecule has 30 heavy (non-hydrogen) atoms. The second-order valence-corrected chi connectivity index (χ2v) is 13.0. The van der Waals surface area contributed by atoms with Gasteiger partial charge in [-0.3, -0.25) is 4.74 Å². The van der Waals surface area contributed by atoms with E-state index < -0.39 is 7.05 Å². The molecular formula is C27H50NPTi. The van der Waals surface area contributed by atoms with E-state index in [1.807, 2.05) is 6.08 Å². The summed E-state index contributed by atoms with van der Waals surface area (Å²) >= 11 is 0. The van der Waals surface area contributed by atoms with E-state index in [9.17, 15) is 0 Å². The summed E-state index contributed by atoms with van der Waals surface area (Å²) in [5.41, 5.74) is 3.65. The molecule has 0 saturated carbocycles. The van der Waals surface area contributed by atoms with Crippen LogP contribution in [0, 0.1) is 0 Å². The van der Waals surface area contributed by atoms with Gasteiger partial charge in [0.15, 0.2) is 0 Å². The number of nitrogens with zero attached hydrogens (tertiary/aromatic N) is 1. The summed E-state index contributed by atoms with van der Waals surface area (Å²) in [6.45, 7) is 20.2. The van der Waals surface area contributed by atoms with Gasteiger partial charge in [-0.05, 0) is 55.8 Å². The van der Waals surface area contributed by atoms with Gasteiger partial charge in [-0.15, -0.1) is 0 Å². The fourth-order valence-electron chi connectivity index (χ4n) is 4.56. The molecule has 0 radical (unpaired) electrons. The molecule has 3 unspecified atom stereocenters. The maximum atomic E-state index is 5.57. The fourth-order valence-corrected chi connectivity index (χ4v) is 10.4. The largest absolute Gasteiger partial charge is 0.271 e. The first-order valence-electron chi connectivity index (χ1n) is 12.2. The predicted octanol–water partition coefficient (Wildman–Crippen LogP) is 10.1. The van der Waals surface area contributed by atoms with Gasteiger partial charge in [-0.1, -0.05) is 111 Å². The van der Waals surface area contributed by atoms with Gasteiger partial charge >= 0.3 is 0 Å². The summed E-state index contributed by atoms with van der Waals surface area (Å²) in [6.07, 6.45) is 23.9. The van der Waals surface area contributed by atoms with Crippen LogP contribution >= 0.6 is 7.05 Å². The first-order chi connectivity index (χ1) is 13.9. The Kier molecular flexibility index (Phi) is 20.9. The third-order valence-corrected chi connectivity index (χ3v) is 11.6. The average molecular weight is 468 g/mol. The third-order valence-electron chi connectivity index (χ3n) is 6.02. The van der Waals surface area contributed by atoms with Gasteiger partial charge in [0, 0.05) is 33.8 Å². The zero-order valence-corrected chi connectivity index (χ0v) is 23.6. The van der Waals surface area contributed by atoms with Crippen molar-refractivity contribution in [2.45, 2.75) is 123 Å². The minimum absolute atomic E-state index is 0. The number of hydrogen-bond donors (Lipinski definition) is 0. The topological polar surface area (TPSA) is 12.4 Å². The van der Waals surface area contributed by atoms with Crippen molar-refractivity contribution in [1.82, 2.24) is 0 Å². The fraction of sp³-hybridized carbons (Fsp3) is 0.704. The Morgan fingerprint density at radius 3 is 1.77 bits per heavy atom. The van der Waals surface area contributed by atoms with Crippen molar-refractivity contribution in [3.63, 3.8) is 0 Å². The van der Waals surface area contributed by atoms with Crippen LogP contribution in [0.25, 0.3) is 0 Å². The number of allylic oxidation sites excluding steroid dienone is 6. The molecule has 0 amide bonds. The molecule has 0 N–H and O–H groups in total. The van der Waals surface area contributed by atoms with Crippen LogP contribution in [0.1, 0.15) is 106 Å². The van der Waals surface area contributed by atoms with Crippen LogP contribution in [0.3, 0.4) is 0 Å². The second-order valence-electron chi connectivity index (χ2n) is 8.55. The van der Waals surface area contributed by atoms with Crippen LogP contribution in [0.4, 0.5) is 0 Å². The number of rotatable bonds is 13. The van der Waals surface area contributed by atoms with Crippen molar-refractivity contribution in [2.24, 2.45) is 4.74 Å². The molecule has 0 saturated heterocycles. The van der Waals surface area contributed by atoms with E-state index in [-0.39, 0.29) is 21.7 Å². The molecule has 0 aromatic rings. The van der Waals surface area contributed by atoms with Crippen LogP contribution < -0.4 is 0 Å². The Morgan fingerprint density at radius 2 is 1.43 bits per heavy atom. The predicted molar refractivity (Wildman–Crippen MR) is 139 cm³/mol. The summed E-state index contributed by atoms with van der Waals surface area (Å²) in [4.78, 5) is 0. The molecule has 1 rings (SSSR count). The van der Waals surface area contributed by atoms with Gasteiger partial charge in [-0.25, -0.2) is 0 Å². The first kappa shape index (κ1) is 32.1. The molecular weight excluding hydrogens is 417 g/mol. The zero-order valence-electron chi connectivity index (χ0n) is 21.2. The van der Waals surface area contributed by atoms with Gasteiger partial charge < -0.3 is 0 Å². The van der Waals surface area contributed by atoms with Gasteiger partial charge in [0.05, 0.1) is 0 Å². The Hall–Kier alpha value is -0.0957. The second kappa shape index (κ2) is 19.6. The molecule has 0 aliphatic heterocycles. The molecule has 0 bridgehead atoms. The monoisotopic (exact) mass is 467 g/mol. The van der Waals surface area contributed by atoms with E-state index in [1.54, 1.807) is 6.08 Å². The van der Waals surface area contributed by atoms with E-state index in [1.165, 1.54) is 57.1 Å².